The first-order valence-corrected chi connectivity index (χ1v) is 9.68. The molecule has 0 aromatic heterocycles. The van der Waals surface area contributed by atoms with E-state index in [9.17, 15) is 9.59 Å². The van der Waals surface area contributed by atoms with E-state index in [0.717, 1.165) is 0 Å². The van der Waals surface area contributed by atoms with E-state index >= 15 is 0 Å². The topological polar surface area (TPSA) is 83.1 Å². The van der Waals surface area contributed by atoms with Gasteiger partial charge in [-0.25, -0.2) is 0 Å². The number of ether oxygens (including phenoxy) is 4. The number of benzene rings is 2. The molecule has 0 spiro atoms. The van der Waals surface area contributed by atoms with Crippen LogP contribution in [0.2, 0.25) is 0 Å². The van der Waals surface area contributed by atoms with Gasteiger partial charge in [-0.2, -0.15) is 0 Å². The van der Waals surface area contributed by atoms with Crippen LogP contribution in [0, 0.1) is 0 Å². The Bertz CT molecular complexity index is 851. The van der Waals surface area contributed by atoms with Crippen LogP contribution in [-0.2, 0) is 20.7 Å². The summed E-state index contributed by atoms with van der Waals surface area (Å²) < 4.78 is 21.1. The summed E-state index contributed by atoms with van der Waals surface area (Å²) in [7, 11) is 4.50. The molecule has 0 saturated carbocycles. The van der Waals surface area contributed by atoms with Crippen LogP contribution in [0.3, 0.4) is 0 Å². The van der Waals surface area contributed by atoms with Gasteiger partial charge >= 0.3 is 5.97 Å². The van der Waals surface area contributed by atoms with Gasteiger partial charge < -0.3 is 24.3 Å². The fraction of sp³-hybridized carbons (Fsp3) is 0.391. The average molecular weight is 415 g/mol. The molecule has 0 saturated heterocycles. The number of carbonyl (C=O) groups excluding carboxylic acids is 2. The fourth-order valence-corrected chi connectivity index (χ4v) is 2.89. The van der Waals surface area contributed by atoms with E-state index in [1.807, 2.05) is 24.3 Å². The minimum atomic E-state index is -0.940. The second kappa shape index (κ2) is 10.5. The van der Waals surface area contributed by atoms with Crippen molar-refractivity contribution in [2.45, 2.75) is 39.2 Å². The van der Waals surface area contributed by atoms with Crippen LogP contribution in [0.15, 0.2) is 36.4 Å². The molecule has 2 rings (SSSR count). The zero-order valence-electron chi connectivity index (χ0n) is 18.3. The largest absolute Gasteiger partial charge is 0.493 e. The van der Waals surface area contributed by atoms with Crippen molar-refractivity contribution in [3.8, 4) is 17.2 Å². The van der Waals surface area contributed by atoms with Gasteiger partial charge in [-0.1, -0.05) is 26.0 Å². The zero-order chi connectivity index (χ0) is 22.3. The van der Waals surface area contributed by atoms with Gasteiger partial charge in [0.05, 0.1) is 27.8 Å². The van der Waals surface area contributed by atoms with E-state index in [0.29, 0.717) is 34.4 Å². The van der Waals surface area contributed by atoms with Crippen molar-refractivity contribution in [3.05, 3.63) is 47.5 Å². The second-order valence-corrected chi connectivity index (χ2v) is 7.11. The number of anilines is 1. The number of carbonyl (C=O) groups is 2. The third kappa shape index (κ3) is 5.89. The molecular formula is C23H29NO6. The minimum absolute atomic E-state index is 0.0442. The monoisotopic (exact) mass is 415 g/mol. The van der Waals surface area contributed by atoms with Crippen LogP contribution in [-0.4, -0.2) is 39.3 Å². The normalized spacial score (nSPS) is 11.6. The molecule has 0 heterocycles. The Balaban J connectivity index is 1.99. The Morgan fingerprint density at radius 3 is 1.93 bits per heavy atom. The van der Waals surface area contributed by atoms with Crippen molar-refractivity contribution in [3.63, 3.8) is 0 Å². The van der Waals surface area contributed by atoms with Gasteiger partial charge in [-0.15, -0.1) is 0 Å². The lowest BCUT2D eigenvalue weighted by Gasteiger charge is -2.16. The first-order chi connectivity index (χ1) is 14.3. The Kier molecular flexibility index (Phi) is 8.09. The molecule has 0 aliphatic carbocycles. The highest BCUT2D eigenvalue weighted by molar-refractivity contribution is 5.95. The van der Waals surface area contributed by atoms with E-state index in [2.05, 4.69) is 19.2 Å². The quantitative estimate of drug-likeness (QED) is 0.625. The lowest BCUT2D eigenvalue weighted by molar-refractivity contribution is -0.152. The molecule has 30 heavy (non-hydrogen) atoms. The van der Waals surface area contributed by atoms with Crippen molar-refractivity contribution in [2.24, 2.45) is 0 Å². The predicted molar refractivity (Wildman–Crippen MR) is 115 cm³/mol. The van der Waals surface area contributed by atoms with Crippen molar-refractivity contribution < 1.29 is 28.5 Å². The summed E-state index contributed by atoms with van der Waals surface area (Å²) >= 11 is 0. The maximum absolute atomic E-state index is 12.4. The number of methoxy groups -OCH3 is 3. The van der Waals surface area contributed by atoms with E-state index in [1.165, 1.54) is 33.8 Å². The molecule has 162 valence electrons. The van der Waals surface area contributed by atoms with Gasteiger partial charge in [0.1, 0.15) is 0 Å². The first-order valence-electron chi connectivity index (χ1n) is 9.68. The first kappa shape index (κ1) is 23.1. The van der Waals surface area contributed by atoms with E-state index in [4.69, 9.17) is 18.9 Å². The standard InChI is InChI=1S/C23H29NO6/c1-14(2)17-7-9-18(10-8-17)24-23(26)15(3)30-21(25)13-16-11-19(27-4)22(29-6)20(12-16)28-5/h7-12,14-15H,13H2,1-6H3,(H,24,26)/t15-/m1/s1. The summed E-state index contributed by atoms with van der Waals surface area (Å²) in [6.07, 6.45) is -0.985. The lowest BCUT2D eigenvalue weighted by atomic mass is 10.0. The van der Waals surface area contributed by atoms with Gasteiger partial charge in [-0.05, 0) is 48.2 Å². The third-order valence-corrected chi connectivity index (χ3v) is 4.60. The van der Waals surface area contributed by atoms with Crippen LogP contribution in [0.5, 0.6) is 17.2 Å². The van der Waals surface area contributed by atoms with Gasteiger partial charge in [0.15, 0.2) is 17.6 Å². The Morgan fingerprint density at radius 2 is 1.47 bits per heavy atom. The molecule has 0 bridgehead atoms. The van der Waals surface area contributed by atoms with Crippen LogP contribution >= 0.6 is 0 Å². The Morgan fingerprint density at radius 1 is 0.900 bits per heavy atom. The number of hydrogen-bond donors (Lipinski definition) is 1. The van der Waals surface area contributed by atoms with Crippen molar-refractivity contribution in [2.75, 3.05) is 26.6 Å². The van der Waals surface area contributed by atoms with Crippen LogP contribution in [0.4, 0.5) is 5.69 Å². The smallest absolute Gasteiger partial charge is 0.311 e. The number of rotatable bonds is 9. The van der Waals surface area contributed by atoms with Gasteiger partial charge in [0.2, 0.25) is 5.75 Å². The summed E-state index contributed by atoms with van der Waals surface area (Å²) in [5.74, 6) is 0.788. The van der Waals surface area contributed by atoms with Crippen LogP contribution < -0.4 is 19.5 Å². The summed E-state index contributed by atoms with van der Waals surface area (Å²) in [4.78, 5) is 24.7. The molecule has 2 aromatic carbocycles. The molecule has 1 amide bonds. The summed E-state index contributed by atoms with van der Waals surface area (Å²) in [6.45, 7) is 5.73. The van der Waals surface area contributed by atoms with Crippen molar-refractivity contribution >= 4 is 17.6 Å². The highest BCUT2D eigenvalue weighted by Gasteiger charge is 2.20. The molecule has 7 nitrogen and oxygen atoms in total. The van der Waals surface area contributed by atoms with Gasteiger partial charge in [-0.3, -0.25) is 9.59 Å². The molecule has 0 unspecified atom stereocenters. The molecule has 0 radical (unpaired) electrons. The van der Waals surface area contributed by atoms with E-state index < -0.39 is 18.0 Å². The van der Waals surface area contributed by atoms with Crippen molar-refractivity contribution in [1.29, 1.82) is 0 Å². The summed E-state index contributed by atoms with van der Waals surface area (Å²) in [5.41, 5.74) is 2.45. The number of amides is 1. The molecule has 7 heteroatoms. The Labute approximate surface area is 177 Å². The maximum atomic E-state index is 12.4. The second-order valence-electron chi connectivity index (χ2n) is 7.11. The molecular weight excluding hydrogens is 386 g/mol. The summed E-state index contributed by atoms with van der Waals surface area (Å²) in [5, 5.41) is 2.76. The molecule has 0 aliphatic rings. The molecule has 0 aliphatic heterocycles. The zero-order valence-corrected chi connectivity index (χ0v) is 18.3. The highest BCUT2D eigenvalue weighted by atomic mass is 16.5. The predicted octanol–water partition coefficient (Wildman–Crippen LogP) is 3.95. The summed E-state index contributed by atoms with van der Waals surface area (Å²) in [6, 6.07) is 10.9. The van der Waals surface area contributed by atoms with Crippen LogP contribution in [0.25, 0.3) is 0 Å². The van der Waals surface area contributed by atoms with Crippen LogP contribution in [0.1, 0.15) is 37.8 Å². The molecule has 0 fully saturated rings. The maximum Gasteiger partial charge on any atom is 0.311 e. The Hall–Kier alpha value is -3.22. The van der Waals surface area contributed by atoms with Crippen molar-refractivity contribution in [1.82, 2.24) is 0 Å². The molecule has 2 aromatic rings. The van der Waals surface area contributed by atoms with E-state index in [1.54, 1.807) is 12.1 Å². The lowest BCUT2D eigenvalue weighted by Crippen LogP contribution is -2.30. The number of hydrogen-bond acceptors (Lipinski definition) is 6. The minimum Gasteiger partial charge on any atom is -0.493 e. The fourth-order valence-electron chi connectivity index (χ4n) is 2.89. The SMILES string of the molecule is COc1cc(CC(=O)O[C@H](C)C(=O)Nc2ccc(C(C)C)cc2)cc(OC)c1OC. The van der Waals surface area contributed by atoms with Gasteiger partial charge in [0, 0.05) is 5.69 Å². The highest BCUT2D eigenvalue weighted by Crippen LogP contribution is 2.38. The third-order valence-electron chi connectivity index (χ3n) is 4.60. The number of nitrogens with one attached hydrogen (secondary N) is 1. The number of esters is 1. The average Bonchev–Trinajstić information content (AvgIpc) is 2.73. The van der Waals surface area contributed by atoms with Gasteiger partial charge in [0.25, 0.3) is 5.91 Å². The van der Waals surface area contributed by atoms with E-state index in [-0.39, 0.29) is 6.42 Å². The molecule has 1 N–H and O–H groups in total. The molecule has 1 atom stereocenters.